The minimum atomic E-state index is -0.173. The van der Waals surface area contributed by atoms with Gasteiger partial charge in [0, 0.05) is 51.8 Å². The molecule has 1 N–H and O–H groups in total. The maximum atomic E-state index is 13.8. The molecule has 0 aliphatic carbocycles. The van der Waals surface area contributed by atoms with E-state index < -0.39 is 0 Å². The number of nitrogens with one attached hydrogen (secondary N) is 1. The molecule has 0 bridgehead atoms. The summed E-state index contributed by atoms with van der Waals surface area (Å²) in [5.74, 6) is 0.831. The molecule has 0 radical (unpaired) electrons. The van der Waals surface area contributed by atoms with E-state index in [9.17, 15) is 4.39 Å². The van der Waals surface area contributed by atoms with E-state index in [1.807, 2.05) is 24.1 Å². The molecule has 5 nitrogen and oxygen atoms in total. The Balaban J connectivity index is 1.51. The maximum Gasteiger partial charge on any atom is 0.193 e. The molecule has 6 heteroatoms. The van der Waals surface area contributed by atoms with Crippen LogP contribution in [-0.2, 0) is 4.74 Å². The molecule has 2 heterocycles. The highest BCUT2D eigenvalue weighted by molar-refractivity contribution is 5.80. The topological polar surface area (TPSA) is 40.1 Å². The van der Waals surface area contributed by atoms with Crippen molar-refractivity contribution in [3.63, 3.8) is 0 Å². The maximum absolute atomic E-state index is 13.8. The average Bonchev–Trinajstić information content (AvgIpc) is 3.28. The van der Waals surface area contributed by atoms with Gasteiger partial charge in [-0.3, -0.25) is 4.99 Å². The summed E-state index contributed by atoms with van der Waals surface area (Å²) in [7, 11) is 1.93. The fourth-order valence-electron chi connectivity index (χ4n) is 3.89. The first-order valence-corrected chi connectivity index (χ1v) is 9.70. The van der Waals surface area contributed by atoms with Gasteiger partial charge in [0.1, 0.15) is 5.82 Å². The van der Waals surface area contributed by atoms with E-state index >= 15 is 0 Å². The summed E-state index contributed by atoms with van der Waals surface area (Å²) in [6.45, 7) is 8.35. The second-order valence-electron chi connectivity index (χ2n) is 7.44. The fourth-order valence-corrected chi connectivity index (χ4v) is 3.89. The number of anilines is 1. The van der Waals surface area contributed by atoms with Gasteiger partial charge in [0.05, 0.1) is 12.3 Å². The Hall–Kier alpha value is -1.82. The Bertz CT molecular complexity index is 616. The van der Waals surface area contributed by atoms with Gasteiger partial charge in [-0.25, -0.2) is 4.39 Å². The van der Waals surface area contributed by atoms with Crippen LogP contribution in [0.3, 0.4) is 0 Å². The molecule has 1 spiro atoms. The van der Waals surface area contributed by atoms with Crippen LogP contribution in [0.15, 0.2) is 29.3 Å². The molecule has 2 aliphatic rings. The first-order valence-electron chi connectivity index (χ1n) is 9.70. The summed E-state index contributed by atoms with van der Waals surface area (Å²) in [4.78, 5) is 9.14. The van der Waals surface area contributed by atoms with Crippen LogP contribution in [0, 0.1) is 11.2 Å². The van der Waals surface area contributed by atoms with Gasteiger partial charge in [-0.2, -0.15) is 0 Å². The third kappa shape index (κ3) is 4.47. The van der Waals surface area contributed by atoms with Crippen molar-refractivity contribution in [1.29, 1.82) is 0 Å². The van der Waals surface area contributed by atoms with Gasteiger partial charge in [0.2, 0.25) is 0 Å². The number of hydrogen-bond acceptors (Lipinski definition) is 3. The minimum absolute atomic E-state index is 0.173. The zero-order valence-corrected chi connectivity index (χ0v) is 16.0. The second-order valence-corrected chi connectivity index (χ2v) is 7.44. The molecule has 0 aromatic heterocycles. The van der Waals surface area contributed by atoms with Crippen LogP contribution in [0.1, 0.15) is 26.2 Å². The third-order valence-electron chi connectivity index (χ3n) is 5.43. The van der Waals surface area contributed by atoms with Crippen molar-refractivity contribution in [2.24, 2.45) is 10.4 Å². The zero-order chi connectivity index (χ0) is 18.4. The van der Waals surface area contributed by atoms with Crippen molar-refractivity contribution in [3.05, 3.63) is 30.1 Å². The van der Waals surface area contributed by atoms with Crippen LogP contribution in [0.5, 0.6) is 0 Å². The molecule has 1 aromatic rings. The number of aliphatic imine (C=N–C) groups is 1. The Labute approximate surface area is 156 Å². The van der Waals surface area contributed by atoms with Crippen molar-refractivity contribution in [2.45, 2.75) is 26.2 Å². The number of halogens is 1. The zero-order valence-electron chi connectivity index (χ0n) is 16.0. The van der Waals surface area contributed by atoms with Crippen molar-refractivity contribution in [3.8, 4) is 0 Å². The third-order valence-corrected chi connectivity index (χ3v) is 5.43. The SMILES string of the molecule is CCNC(=NCCCN(C)c1ccccc1F)N1CCC2(CCOC2)C1. The highest BCUT2D eigenvalue weighted by Gasteiger charge is 2.42. The van der Waals surface area contributed by atoms with E-state index in [2.05, 4.69) is 17.1 Å². The lowest BCUT2D eigenvalue weighted by Gasteiger charge is -2.25. The van der Waals surface area contributed by atoms with E-state index in [0.29, 0.717) is 11.1 Å². The largest absolute Gasteiger partial charge is 0.381 e. The first kappa shape index (κ1) is 19.0. The minimum Gasteiger partial charge on any atom is -0.381 e. The van der Waals surface area contributed by atoms with E-state index in [1.165, 1.54) is 12.5 Å². The Kier molecular flexibility index (Phi) is 6.35. The molecule has 2 saturated heterocycles. The van der Waals surface area contributed by atoms with Gasteiger partial charge in [-0.05, 0) is 38.3 Å². The molecule has 2 aliphatic heterocycles. The summed E-state index contributed by atoms with van der Waals surface area (Å²) in [5, 5.41) is 3.42. The van der Waals surface area contributed by atoms with Crippen LogP contribution < -0.4 is 10.2 Å². The summed E-state index contributed by atoms with van der Waals surface area (Å²) >= 11 is 0. The lowest BCUT2D eigenvalue weighted by atomic mass is 9.87. The highest BCUT2D eigenvalue weighted by Crippen LogP contribution is 2.38. The van der Waals surface area contributed by atoms with E-state index in [0.717, 1.165) is 64.7 Å². The number of para-hydroxylation sites is 1. The number of guanidine groups is 1. The van der Waals surface area contributed by atoms with Crippen molar-refractivity contribution < 1.29 is 9.13 Å². The molecule has 0 saturated carbocycles. The summed E-state index contributed by atoms with van der Waals surface area (Å²) in [6.07, 6.45) is 3.24. The first-order chi connectivity index (χ1) is 12.6. The molecular formula is C20H31FN4O. The Morgan fingerprint density at radius 3 is 2.96 bits per heavy atom. The molecular weight excluding hydrogens is 331 g/mol. The van der Waals surface area contributed by atoms with Gasteiger partial charge in [-0.1, -0.05) is 12.1 Å². The number of nitrogens with zero attached hydrogens (tertiary/aromatic N) is 3. The monoisotopic (exact) mass is 362 g/mol. The highest BCUT2D eigenvalue weighted by atomic mass is 19.1. The van der Waals surface area contributed by atoms with Crippen LogP contribution >= 0.6 is 0 Å². The number of ether oxygens (including phenoxy) is 1. The summed E-state index contributed by atoms with van der Waals surface area (Å²) in [6, 6.07) is 6.91. The van der Waals surface area contributed by atoms with Gasteiger partial charge >= 0.3 is 0 Å². The van der Waals surface area contributed by atoms with Crippen LogP contribution in [-0.4, -0.2) is 63.8 Å². The molecule has 1 unspecified atom stereocenters. The molecule has 0 amide bonds. The molecule has 26 heavy (non-hydrogen) atoms. The molecule has 144 valence electrons. The quantitative estimate of drug-likeness (QED) is 0.480. The van der Waals surface area contributed by atoms with Gasteiger partial charge in [0.15, 0.2) is 5.96 Å². The van der Waals surface area contributed by atoms with Crippen molar-refractivity contribution in [2.75, 3.05) is 57.9 Å². The lowest BCUT2D eigenvalue weighted by Crippen LogP contribution is -2.41. The van der Waals surface area contributed by atoms with Crippen LogP contribution in [0.25, 0.3) is 0 Å². The van der Waals surface area contributed by atoms with Gasteiger partial charge < -0.3 is 19.9 Å². The summed E-state index contributed by atoms with van der Waals surface area (Å²) < 4.78 is 19.5. The van der Waals surface area contributed by atoms with Crippen molar-refractivity contribution in [1.82, 2.24) is 10.2 Å². The molecule has 2 fully saturated rings. The van der Waals surface area contributed by atoms with Crippen molar-refractivity contribution >= 4 is 11.6 Å². The Morgan fingerprint density at radius 1 is 1.38 bits per heavy atom. The van der Waals surface area contributed by atoms with Crippen LogP contribution in [0.2, 0.25) is 0 Å². The fraction of sp³-hybridized carbons (Fsp3) is 0.650. The number of likely N-dealkylation sites (tertiary alicyclic amines) is 1. The Morgan fingerprint density at radius 2 is 2.23 bits per heavy atom. The van der Waals surface area contributed by atoms with Gasteiger partial charge in [-0.15, -0.1) is 0 Å². The standard InChI is InChI=1S/C20H31FN4O/c1-3-22-19(25-13-9-20(15-25)10-14-26-16-20)23-11-6-12-24(2)18-8-5-4-7-17(18)21/h4-5,7-8H,3,6,9-16H2,1-2H3,(H,22,23). The second kappa shape index (κ2) is 8.71. The average molecular weight is 362 g/mol. The molecule has 3 rings (SSSR count). The van der Waals surface area contributed by atoms with E-state index in [1.54, 1.807) is 6.07 Å². The normalized spacial score (nSPS) is 23.0. The number of rotatable bonds is 6. The molecule has 1 aromatic carbocycles. The van der Waals surface area contributed by atoms with E-state index in [-0.39, 0.29) is 5.82 Å². The number of hydrogen-bond donors (Lipinski definition) is 1. The smallest absolute Gasteiger partial charge is 0.193 e. The predicted molar refractivity (Wildman–Crippen MR) is 104 cm³/mol. The molecule has 1 atom stereocenters. The van der Waals surface area contributed by atoms with E-state index in [4.69, 9.17) is 9.73 Å². The van der Waals surface area contributed by atoms with Gasteiger partial charge in [0.25, 0.3) is 0 Å². The summed E-state index contributed by atoms with van der Waals surface area (Å²) in [5.41, 5.74) is 0.979. The lowest BCUT2D eigenvalue weighted by molar-refractivity contribution is 0.156. The van der Waals surface area contributed by atoms with Crippen LogP contribution in [0.4, 0.5) is 10.1 Å². The number of benzene rings is 1. The predicted octanol–water partition coefficient (Wildman–Crippen LogP) is 2.73.